The van der Waals surface area contributed by atoms with Crippen LogP contribution in [0, 0.1) is 5.92 Å². The molecule has 0 amide bonds. The van der Waals surface area contributed by atoms with Gasteiger partial charge in [-0.3, -0.25) is 4.90 Å². The van der Waals surface area contributed by atoms with E-state index in [0.717, 1.165) is 19.5 Å². The third-order valence-electron chi connectivity index (χ3n) is 5.28. The van der Waals surface area contributed by atoms with E-state index in [1.807, 2.05) is 0 Å². The summed E-state index contributed by atoms with van der Waals surface area (Å²) in [7, 11) is 0. The molecule has 0 heterocycles. The van der Waals surface area contributed by atoms with Crippen LogP contribution in [0.5, 0.6) is 0 Å². The quantitative estimate of drug-likeness (QED) is 0.625. The molecule has 1 saturated carbocycles. The second kappa shape index (κ2) is 10.0. The predicted octanol–water partition coefficient (Wildman–Crippen LogP) is 4.22. The van der Waals surface area contributed by atoms with E-state index in [4.69, 9.17) is 0 Å². The van der Waals surface area contributed by atoms with Crippen molar-refractivity contribution in [2.75, 3.05) is 6.54 Å². The summed E-state index contributed by atoms with van der Waals surface area (Å²) in [4.78, 5) is 2.46. The van der Waals surface area contributed by atoms with Crippen LogP contribution in [-0.2, 0) is 13.1 Å². The lowest BCUT2D eigenvalue weighted by Crippen LogP contribution is -2.48. The summed E-state index contributed by atoms with van der Waals surface area (Å²) in [6, 6.07) is 22.0. The molecular weight excluding hydrogens is 332 g/mol. The molecule has 1 aliphatic rings. The van der Waals surface area contributed by atoms with Crippen molar-refractivity contribution in [3.05, 3.63) is 71.8 Å². The molecular formula is C24H34N2O. The Hall–Kier alpha value is -1.68. The lowest BCUT2D eigenvalue weighted by Gasteiger charge is -2.36. The molecule has 1 fully saturated rings. The first-order valence-electron chi connectivity index (χ1n) is 10.3. The van der Waals surface area contributed by atoms with Crippen molar-refractivity contribution in [3.63, 3.8) is 0 Å². The zero-order valence-electron chi connectivity index (χ0n) is 16.7. The molecule has 3 rings (SSSR count). The molecule has 2 aromatic carbocycles. The Morgan fingerprint density at radius 2 is 1.44 bits per heavy atom. The number of benzene rings is 2. The third-order valence-corrected chi connectivity index (χ3v) is 5.28. The highest BCUT2D eigenvalue weighted by molar-refractivity contribution is 5.17. The molecule has 1 aliphatic carbocycles. The van der Waals surface area contributed by atoms with E-state index in [1.165, 1.54) is 24.0 Å². The molecule has 3 heteroatoms. The number of aliphatic hydroxyl groups is 1. The SMILES string of the molecule is CC(C)C[C@@H]([C@H](O)CNC1CC1)N(Cc1ccccc1)Cc1ccccc1. The lowest BCUT2D eigenvalue weighted by molar-refractivity contribution is 0.0279. The predicted molar refractivity (Wildman–Crippen MR) is 112 cm³/mol. The molecule has 0 spiro atoms. The fourth-order valence-corrected chi connectivity index (χ4v) is 3.67. The van der Waals surface area contributed by atoms with Crippen LogP contribution in [0.1, 0.15) is 44.2 Å². The largest absolute Gasteiger partial charge is 0.390 e. The molecule has 0 aliphatic heterocycles. The van der Waals surface area contributed by atoms with E-state index in [0.29, 0.717) is 18.5 Å². The third kappa shape index (κ3) is 6.76. The Labute approximate surface area is 164 Å². The average molecular weight is 367 g/mol. The summed E-state index contributed by atoms with van der Waals surface area (Å²) < 4.78 is 0. The average Bonchev–Trinajstić information content (AvgIpc) is 3.50. The summed E-state index contributed by atoms with van der Waals surface area (Å²) in [5, 5.41) is 14.6. The number of nitrogens with one attached hydrogen (secondary N) is 1. The highest BCUT2D eigenvalue weighted by atomic mass is 16.3. The highest BCUT2D eigenvalue weighted by Gasteiger charge is 2.29. The summed E-state index contributed by atoms with van der Waals surface area (Å²) in [6.45, 7) is 6.89. The Balaban J connectivity index is 1.78. The first kappa shape index (κ1) is 20.1. The first-order valence-corrected chi connectivity index (χ1v) is 10.3. The molecule has 0 saturated heterocycles. The number of aliphatic hydroxyl groups excluding tert-OH is 1. The van der Waals surface area contributed by atoms with Crippen LogP contribution in [0.25, 0.3) is 0 Å². The fraction of sp³-hybridized carbons (Fsp3) is 0.500. The molecule has 3 nitrogen and oxygen atoms in total. The Kier molecular flexibility index (Phi) is 7.45. The number of rotatable bonds is 11. The molecule has 0 radical (unpaired) electrons. The van der Waals surface area contributed by atoms with Gasteiger partial charge in [-0.25, -0.2) is 0 Å². The Morgan fingerprint density at radius 3 is 1.89 bits per heavy atom. The van der Waals surface area contributed by atoms with Crippen LogP contribution < -0.4 is 5.32 Å². The van der Waals surface area contributed by atoms with E-state index in [9.17, 15) is 5.11 Å². The van der Waals surface area contributed by atoms with Crippen molar-refractivity contribution in [2.24, 2.45) is 5.92 Å². The lowest BCUT2D eigenvalue weighted by atomic mass is 9.96. The van der Waals surface area contributed by atoms with Crippen molar-refractivity contribution >= 4 is 0 Å². The van der Waals surface area contributed by atoms with Crippen molar-refractivity contribution < 1.29 is 5.11 Å². The van der Waals surface area contributed by atoms with E-state index in [2.05, 4.69) is 84.7 Å². The molecule has 146 valence electrons. The van der Waals surface area contributed by atoms with E-state index in [-0.39, 0.29) is 12.1 Å². The van der Waals surface area contributed by atoms with Gasteiger partial charge in [0.05, 0.1) is 6.10 Å². The van der Waals surface area contributed by atoms with Crippen LogP contribution in [0.15, 0.2) is 60.7 Å². The molecule has 0 unspecified atom stereocenters. The van der Waals surface area contributed by atoms with Gasteiger partial charge in [-0.2, -0.15) is 0 Å². The van der Waals surface area contributed by atoms with Gasteiger partial charge in [0.15, 0.2) is 0 Å². The van der Waals surface area contributed by atoms with Gasteiger partial charge >= 0.3 is 0 Å². The van der Waals surface area contributed by atoms with Crippen LogP contribution in [0.3, 0.4) is 0 Å². The van der Waals surface area contributed by atoms with Crippen LogP contribution in [0.4, 0.5) is 0 Å². The summed E-state index contributed by atoms with van der Waals surface area (Å²) in [5.41, 5.74) is 2.59. The van der Waals surface area contributed by atoms with E-state index in [1.54, 1.807) is 0 Å². The maximum atomic E-state index is 11.1. The van der Waals surface area contributed by atoms with Crippen molar-refractivity contribution in [1.82, 2.24) is 10.2 Å². The molecule has 2 atom stereocenters. The maximum Gasteiger partial charge on any atom is 0.0819 e. The normalized spacial score (nSPS) is 16.6. The van der Waals surface area contributed by atoms with E-state index >= 15 is 0 Å². The van der Waals surface area contributed by atoms with Crippen LogP contribution in [0.2, 0.25) is 0 Å². The fourth-order valence-electron chi connectivity index (χ4n) is 3.67. The Morgan fingerprint density at radius 1 is 0.926 bits per heavy atom. The number of nitrogens with zero attached hydrogens (tertiary/aromatic N) is 1. The smallest absolute Gasteiger partial charge is 0.0819 e. The van der Waals surface area contributed by atoms with Gasteiger partial charge in [0.1, 0.15) is 0 Å². The molecule has 2 aromatic rings. The van der Waals surface area contributed by atoms with Crippen molar-refractivity contribution in [2.45, 2.75) is 64.4 Å². The minimum absolute atomic E-state index is 0.136. The number of hydrogen-bond donors (Lipinski definition) is 2. The zero-order valence-corrected chi connectivity index (χ0v) is 16.7. The van der Waals surface area contributed by atoms with Gasteiger partial charge in [-0.15, -0.1) is 0 Å². The van der Waals surface area contributed by atoms with Gasteiger partial charge in [0.2, 0.25) is 0 Å². The standard InChI is InChI=1S/C24H34N2O/c1-19(2)15-23(24(27)16-25-22-13-14-22)26(17-20-9-5-3-6-10-20)18-21-11-7-4-8-12-21/h3-12,19,22-25,27H,13-18H2,1-2H3/t23-,24+/m0/s1. The second-order valence-electron chi connectivity index (χ2n) is 8.32. The van der Waals surface area contributed by atoms with Gasteiger partial charge in [-0.1, -0.05) is 74.5 Å². The molecule has 0 aromatic heterocycles. The van der Waals surface area contributed by atoms with E-state index < -0.39 is 0 Å². The van der Waals surface area contributed by atoms with Gasteiger partial charge in [0.25, 0.3) is 0 Å². The maximum absolute atomic E-state index is 11.1. The zero-order chi connectivity index (χ0) is 19.1. The molecule has 0 bridgehead atoms. The minimum Gasteiger partial charge on any atom is -0.390 e. The van der Waals surface area contributed by atoms with Crippen molar-refractivity contribution in [1.29, 1.82) is 0 Å². The van der Waals surface area contributed by atoms with Crippen LogP contribution in [-0.4, -0.2) is 34.7 Å². The minimum atomic E-state index is -0.361. The molecule has 2 N–H and O–H groups in total. The van der Waals surface area contributed by atoms with Crippen molar-refractivity contribution in [3.8, 4) is 0 Å². The highest BCUT2D eigenvalue weighted by Crippen LogP contribution is 2.23. The van der Waals surface area contributed by atoms with Gasteiger partial charge in [0, 0.05) is 31.7 Å². The van der Waals surface area contributed by atoms with Crippen LogP contribution >= 0.6 is 0 Å². The summed E-state index contributed by atoms with van der Waals surface area (Å²) >= 11 is 0. The van der Waals surface area contributed by atoms with Gasteiger partial charge in [-0.05, 0) is 36.3 Å². The Bertz CT molecular complexity index is 613. The first-order chi connectivity index (χ1) is 13.1. The topological polar surface area (TPSA) is 35.5 Å². The second-order valence-corrected chi connectivity index (χ2v) is 8.32. The molecule has 27 heavy (non-hydrogen) atoms. The number of hydrogen-bond acceptors (Lipinski definition) is 3. The monoisotopic (exact) mass is 366 g/mol. The van der Waals surface area contributed by atoms with Gasteiger partial charge < -0.3 is 10.4 Å². The summed E-state index contributed by atoms with van der Waals surface area (Å²) in [6.07, 6.45) is 3.13. The summed E-state index contributed by atoms with van der Waals surface area (Å²) in [5.74, 6) is 0.541.